The molecule has 2 N–H and O–H groups in total. The number of ether oxygens (including phenoxy) is 1. The molecule has 2 amide bonds. The number of hydrogen-bond acceptors (Lipinski definition) is 6. The van der Waals surface area contributed by atoms with E-state index in [0.717, 1.165) is 11.3 Å². The SMILES string of the molecule is O=C(COc1ccc(F)cc1)NCc1nnc(C(=O)Nc2ccccc2)s1. The van der Waals surface area contributed by atoms with Crippen molar-refractivity contribution in [3.63, 3.8) is 0 Å². The van der Waals surface area contributed by atoms with Crippen LogP contribution in [0.15, 0.2) is 54.6 Å². The van der Waals surface area contributed by atoms with Crippen LogP contribution >= 0.6 is 11.3 Å². The first-order valence-electron chi connectivity index (χ1n) is 7.94. The number of halogens is 1. The smallest absolute Gasteiger partial charge is 0.286 e. The van der Waals surface area contributed by atoms with Crippen molar-refractivity contribution in [2.75, 3.05) is 11.9 Å². The Labute approximate surface area is 158 Å². The van der Waals surface area contributed by atoms with E-state index in [9.17, 15) is 14.0 Å². The molecule has 0 atom stereocenters. The minimum absolute atomic E-state index is 0.127. The van der Waals surface area contributed by atoms with Gasteiger partial charge in [-0.15, -0.1) is 10.2 Å². The highest BCUT2D eigenvalue weighted by atomic mass is 32.1. The summed E-state index contributed by atoms with van der Waals surface area (Å²) in [5.74, 6) is -0.724. The van der Waals surface area contributed by atoms with Gasteiger partial charge < -0.3 is 15.4 Å². The summed E-state index contributed by atoms with van der Waals surface area (Å²) in [7, 11) is 0. The van der Waals surface area contributed by atoms with Gasteiger partial charge in [-0.2, -0.15) is 0 Å². The molecule has 0 fully saturated rings. The third kappa shape index (κ3) is 5.58. The van der Waals surface area contributed by atoms with E-state index in [1.807, 2.05) is 18.2 Å². The number of nitrogens with one attached hydrogen (secondary N) is 2. The molecule has 0 radical (unpaired) electrons. The number of anilines is 1. The van der Waals surface area contributed by atoms with Crippen LogP contribution in [0, 0.1) is 5.82 Å². The summed E-state index contributed by atoms with van der Waals surface area (Å²) in [6.07, 6.45) is 0. The predicted octanol–water partition coefficient (Wildman–Crippen LogP) is 2.62. The Kier molecular flexibility index (Phi) is 6.06. The normalized spacial score (nSPS) is 10.3. The molecular weight excluding hydrogens is 371 g/mol. The van der Waals surface area contributed by atoms with Crippen molar-refractivity contribution in [1.82, 2.24) is 15.5 Å². The average molecular weight is 386 g/mol. The van der Waals surface area contributed by atoms with Crippen molar-refractivity contribution in [2.24, 2.45) is 0 Å². The van der Waals surface area contributed by atoms with E-state index in [2.05, 4.69) is 20.8 Å². The van der Waals surface area contributed by atoms with Gasteiger partial charge in [0.15, 0.2) is 6.61 Å². The Morgan fingerprint density at radius 2 is 1.78 bits per heavy atom. The lowest BCUT2D eigenvalue weighted by molar-refractivity contribution is -0.123. The Morgan fingerprint density at radius 3 is 2.52 bits per heavy atom. The molecule has 1 heterocycles. The van der Waals surface area contributed by atoms with Crippen LogP contribution in [0.2, 0.25) is 0 Å². The molecule has 0 aliphatic heterocycles. The number of carbonyl (C=O) groups is 2. The number of carbonyl (C=O) groups excluding carboxylic acids is 2. The van der Waals surface area contributed by atoms with Gasteiger partial charge in [-0.25, -0.2) is 4.39 Å². The molecule has 9 heteroatoms. The Morgan fingerprint density at radius 1 is 1.04 bits per heavy atom. The van der Waals surface area contributed by atoms with Gasteiger partial charge in [0.2, 0.25) is 5.01 Å². The van der Waals surface area contributed by atoms with Crippen LogP contribution in [0.5, 0.6) is 5.75 Å². The van der Waals surface area contributed by atoms with E-state index in [1.165, 1.54) is 24.3 Å². The zero-order chi connectivity index (χ0) is 19.1. The quantitative estimate of drug-likeness (QED) is 0.651. The van der Waals surface area contributed by atoms with E-state index in [1.54, 1.807) is 12.1 Å². The Balaban J connectivity index is 1.45. The fourth-order valence-electron chi connectivity index (χ4n) is 2.03. The molecule has 0 unspecified atom stereocenters. The molecule has 0 spiro atoms. The van der Waals surface area contributed by atoms with Crippen LogP contribution in [0.3, 0.4) is 0 Å². The van der Waals surface area contributed by atoms with Crippen LogP contribution in [0.1, 0.15) is 14.8 Å². The monoisotopic (exact) mass is 386 g/mol. The molecule has 1 aromatic heterocycles. The van der Waals surface area contributed by atoms with E-state index in [4.69, 9.17) is 4.74 Å². The first-order chi connectivity index (χ1) is 13.1. The summed E-state index contributed by atoms with van der Waals surface area (Å²) in [6, 6.07) is 14.4. The third-order valence-corrected chi connectivity index (χ3v) is 4.24. The largest absolute Gasteiger partial charge is 0.484 e. The van der Waals surface area contributed by atoms with Crippen molar-refractivity contribution in [3.05, 3.63) is 70.4 Å². The topological polar surface area (TPSA) is 93.2 Å². The summed E-state index contributed by atoms with van der Waals surface area (Å²) in [5.41, 5.74) is 0.658. The van der Waals surface area contributed by atoms with Crippen molar-refractivity contribution in [1.29, 1.82) is 0 Å². The summed E-state index contributed by atoms with van der Waals surface area (Å²) in [4.78, 5) is 23.9. The molecule has 0 saturated heterocycles. The molecule has 3 rings (SSSR count). The lowest BCUT2D eigenvalue weighted by Crippen LogP contribution is -2.28. The van der Waals surface area contributed by atoms with Crippen molar-refractivity contribution in [2.45, 2.75) is 6.54 Å². The van der Waals surface area contributed by atoms with Crippen molar-refractivity contribution < 1.29 is 18.7 Å². The van der Waals surface area contributed by atoms with E-state index in [0.29, 0.717) is 16.4 Å². The minimum Gasteiger partial charge on any atom is -0.484 e. The minimum atomic E-state index is -0.379. The summed E-state index contributed by atoms with van der Waals surface area (Å²) >= 11 is 1.09. The predicted molar refractivity (Wildman–Crippen MR) is 98.0 cm³/mol. The van der Waals surface area contributed by atoms with Gasteiger partial charge in [0.25, 0.3) is 11.8 Å². The van der Waals surface area contributed by atoms with Gasteiger partial charge in [-0.1, -0.05) is 29.5 Å². The number of nitrogens with zero attached hydrogens (tertiary/aromatic N) is 2. The summed E-state index contributed by atoms with van der Waals surface area (Å²) < 4.78 is 18.0. The van der Waals surface area contributed by atoms with E-state index in [-0.39, 0.29) is 35.8 Å². The van der Waals surface area contributed by atoms with Crippen LogP contribution < -0.4 is 15.4 Å². The van der Waals surface area contributed by atoms with Gasteiger partial charge in [0.05, 0.1) is 6.54 Å². The highest BCUT2D eigenvalue weighted by Gasteiger charge is 2.13. The number of benzene rings is 2. The second-order valence-electron chi connectivity index (χ2n) is 5.34. The maximum Gasteiger partial charge on any atom is 0.286 e. The van der Waals surface area contributed by atoms with Crippen molar-refractivity contribution in [3.8, 4) is 5.75 Å². The number of hydrogen-bond donors (Lipinski definition) is 2. The van der Waals surface area contributed by atoms with E-state index >= 15 is 0 Å². The van der Waals surface area contributed by atoms with Crippen LogP contribution in [0.4, 0.5) is 10.1 Å². The molecule has 0 saturated carbocycles. The van der Waals surface area contributed by atoms with Crippen LogP contribution in [-0.2, 0) is 11.3 Å². The zero-order valence-electron chi connectivity index (χ0n) is 14.0. The van der Waals surface area contributed by atoms with Crippen molar-refractivity contribution >= 4 is 28.8 Å². The summed E-state index contributed by atoms with van der Waals surface area (Å²) in [5, 5.41) is 13.7. The number of aromatic nitrogens is 2. The van der Waals surface area contributed by atoms with Gasteiger partial charge in [-0.05, 0) is 36.4 Å². The van der Waals surface area contributed by atoms with Gasteiger partial charge in [-0.3, -0.25) is 9.59 Å². The molecule has 0 aliphatic carbocycles. The lowest BCUT2D eigenvalue weighted by Gasteiger charge is -2.06. The molecule has 138 valence electrons. The fraction of sp³-hybridized carbons (Fsp3) is 0.111. The highest BCUT2D eigenvalue weighted by molar-refractivity contribution is 7.13. The molecule has 0 aliphatic rings. The maximum absolute atomic E-state index is 12.8. The Bertz CT molecular complexity index is 916. The van der Waals surface area contributed by atoms with Crippen LogP contribution in [-0.4, -0.2) is 28.6 Å². The maximum atomic E-state index is 12.8. The molecular formula is C18H15FN4O3S. The second-order valence-corrected chi connectivity index (χ2v) is 6.40. The number of amides is 2. The van der Waals surface area contributed by atoms with Gasteiger partial charge in [0, 0.05) is 5.69 Å². The molecule has 3 aromatic rings. The average Bonchev–Trinajstić information content (AvgIpc) is 3.16. The summed E-state index contributed by atoms with van der Waals surface area (Å²) in [6.45, 7) is -0.0896. The van der Waals surface area contributed by atoms with Crippen LogP contribution in [0.25, 0.3) is 0 Å². The molecule has 2 aromatic carbocycles. The number of para-hydroxylation sites is 1. The fourth-order valence-corrected chi connectivity index (χ4v) is 2.70. The second kappa shape index (κ2) is 8.86. The molecule has 7 nitrogen and oxygen atoms in total. The molecule has 0 bridgehead atoms. The third-order valence-electron chi connectivity index (χ3n) is 3.31. The number of rotatable bonds is 7. The Hall–Kier alpha value is -3.33. The standard InChI is InChI=1S/C18H15FN4O3S/c19-12-6-8-14(9-7-12)26-11-15(24)20-10-16-22-23-18(27-16)17(25)21-13-4-2-1-3-5-13/h1-9H,10-11H2,(H,20,24)(H,21,25). The van der Waals surface area contributed by atoms with E-state index < -0.39 is 0 Å². The first-order valence-corrected chi connectivity index (χ1v) is 8.75. The zero-order valence-corrected chi connectivity index (χ0v) is 14.8. The highest BCUT2D eigenvalue weighted by Crippen LogP contribution is 2.13. The lowest BCUT2D eigenvalue weighted by atomic mass is 10.3. The van der Waals surface area contributed by atoms with Gasteiger partial charge in [0.1, 0.15) is 16.6 Å². The van der Waals surface area contributed by atoms with Gasteiger partial charge >= 0.3 is 0 Å². The first kappa shape index (κ1) is 18.5. The molecule has 27 heavy (non-hydrogen) atoms.